The van der Waals surface area contributed by atoms with E-state index in [0.717, 1.165) is 37.0 Å². The van der Waals surface area contributed by atoms with Gasteiger partial charge < -0.3 is 9.80 Å². The molecule has 2 unspecified atom stereocenters. The van der Waals surface area contributed by atoms with Crippen LogP contribution in [0.15, 0.2) is 10.3 Å². The van der Waals surface area contributed by atoms with Crippen LogP contribution in [0.1, 0.15) is 19.8 Å². The first-order chi connectivity index (χ1) is 10.1. The summed E-state index contributed by atoms with van der Waals surface area (Å²) in [6, 6.07) is 1.75. The minimum absolute atomic E-state index is 0.0435. The summed E-state index contributed by atoms with van der Waals surface area (Å²) in [5, 5.41) is 11.7. The molecule has 0 saturated carbocycles. The molecule has 7 nitrogen and oxygen atoms in total. The minimum Gasteiger partial charge on any atom is -0.358 e. The highest BCUT2D eigenvalue weighted by Gasteiger charge is 2.32. The van der Waals surface area contributed by atoms with Gasteiger partial charge in [-0.2, -0.15) is 0 Å². The van der Waals surface area contributed by atoms with E-state index in [1.54, 1.807) is 0 Å². The van der Waals surface area contributed by atoms with Crippen molar-refractivity contribution in [1.82, 2.24) is 4.90 Å². The number of nitrogens with zero attached hydrogens (tertiary/aromatic N) is 3. The number of hydrogen-bond donors (Lipinski definition) is 0. The molecule has 22 heavy (non-hydrogen) atoms. The Kier molecular flexibility index (Phi) is 4.78. The molecule has 0 aromatic carbocycles. The molecule has 2 atom stereocenters. The summed E-state index contributed by atoms with van der Waals surface area (Å²) >= 11 is 0.981. The number of thiophene rings is 1. The maximum atomic E-state index is 11.7. The summed E-state index contributed by atoms with van der Waals surface area (Å²) in [6.07, 6.45) is 2.88. The smallest absolute Gasteiger partial charge is 0.305 e. The van der Waals surface area contributed by atoms with Crippen LogP contribution < -0.4 is 4.90 Å². The molecule has 2 heterocycles. The van der Waals surface area contributed by atoms with Gasteiger partial charge in [-0.05, 0) is 26.8 Å². The first-order valence-electron chi connectivity index (χ1n) is 7.02. The molecule has 1 aliphatic rings. The molecule has 1 fully saturated rings. The molecule has 1 aromatic rings. The Morgan fingerprint density at radius 2 is 2.14 bits per heavy atom. The summed E-state index contributed by atoms with van der Waals surface area (Å²) in [5.41, 5.74) is -0.125. The van der Waals surface area contributed by atoms with E-state index in [2.05, 4.69) is 18.9 Å². The number of likely N-dealkylation sites (tertiary alicyclic amines) is 1. The molecular weight excluding hydrogens is 326 g/mol. The van der Waals surface area contributed by atoms with Crippen LogP contribution in [-0.4, -0.2) is 57.2 Å². The SMILES string of the molecule is CC1CC(N(C)c2sc(S(C)(=O)=O)cc2[N+](=O)[O-])CCN1C. The van der Waals surface area contributed by atoms with Gasteiger partial charge in [-0.3, -0.25) is 10.1 Å². The molecule has 0 bridgehead atoms. The quantitative estimate of drug-likeness (QED) is 0.612. The zero-order valence-corrected chi connectivity index (χ0v) is 14.8. The largest absolute Gasteiger partial charge is 0.358 e. The molecule has 0 aliphatic carbocycles. The number of piperidine rings is 1. The maximum absolute atomic E-state index is 11.7. The molecular formula is C13H21N3O4S2. The molecule has 2 rings (SSSR count). The Hall–Kier alpha value is -1.19. The third-order valence-corrected chi connectivity index (χ3v) is 7.30. The van der Waals surface area contributed by atoms with E-state index in [-0.39, 0.29) is 15.9 Å². The number of hydrogen-bond acceptors (Lipinski definition) is 7. The second kappa shape index (κ2) is 6.13. The van der Waals surface area contributed by atoms with E-state index in [1.807, 2.05) is 11.9 Å². The van der Waals surface area contributed by atoms with Crippen molar-refractivity contribution in [1.29, 1.82) is 0 Å². The standard InChI is InChI=1S/C13H21N3O4S2/c1-9-7-10(5-6-14(9)2)15(3)13-11(16(17)18)8-12(21-13)22(4,19)20/h8-10H,5-7H2,1-4H3. The molecule has 124 valence electrons. The summed E-state index contributed by atoms with van der Waals surface area (Å²) in [6.45, 7) is 3.05. The van der Waals surface area contributed by atoms with Crippen molar-refractivity contribution in [2.45, 2.75) is 36.1 Å². The lowest BCUT2D eigenvalue weighted by atomic mass is 9.98. The Labute approximate surface area is 134 Å². The maximum Gasteiger partial charge on any atom is 0.305 e. The van der Waals surface area contributed by atoms with Crippen LogP contribution >= 0.6 is 11.3 Å². The van der Waals surface area contributed by atoms with E-state index in [4.69, 9.17) is 0 Å². The van der Waals surface area contributed by atoms with Crippen molar-refractivity contribution in [3.63, 3.8) is 0 Å². The van der Waals surface area contributed by atoms with Gasteiger partial charge in [0, 0.05) is 38.0 Å². The summed E-state index contributed by atoms with van der Waals surface area (Å²) in [4.78, 5) is 14.9. The Morgan fingerprint density at radius 3 is 2.64 bits per heavy atom. The van der Waals surface area contributed by atoms with Crippen LogP contribution in [0.5, 0.6) is 0 Å². The third kappa shape index (κ3) is 3.41. The van der Waals surface area contributed by atoms with Gasteiger partial charge in [0.1, 0.15) is 4.21 Å². The fraction of sp³-hybridized carbons (Fsp3) is 0.692. The van der Waals surface area contributed by atoms with Crippen molar-refractivity contribution in [2.24, 2.45) is 0 Å². The van der Waals surface area contributed by atoms with Gasteiger partial charge in [0.15, 0.2) is 14.8 Å². The molecule has 1 aliphatic heterocycles. The van der Waals surface area contributed by atoms with Gasteiger partial charge in [-0.15, -0.1) is 0 Å². The van der Waals surface area contributed by atoms with E-state index in [9.17, 15) is 18.5 Å². The second-order valence-corrected chi connectivity index (χ2v) is 9.18. The zero-order chi connectivity index (χ0) is 16.7. The van der Waals surface area contributed by atoms with Crippen LogP contribution in [0.4, 0.5) is 10.7 Å². The minimum atomic E-state index is -3.44. The topological polar surface area (TPSA) is 83.8 Å². The fourth-order valence-corrected chi connectivity index (χ4v) is 4.76. The predicted octanol–water partition coefficient (Wildman–Crippen LogP) is 1.98. The molecule has 1 aromatic heterocycles. The van der Waals surface area contributed by atoms with Gasteiger partial charge in [0.05, 0.1) is 4.92 Å². The average molecular weight is 347 g/mol. The summed E-state index contributed by atoms with van der Waals surface area (Å²) in [5.74, 6) is 0. The molecule has 0 radical (unpaired) electrons. The van der Waals surface area contributed by atoms with E-state index in [1.165, 1.54) is 6.07 Å². The van der Waals surface area contributed by atoms with Crippen molar-refractivity contribution in [3.05, 3.63) is 16.2 Å². The van der Waals surface area contributed by atoms with Crippen LogP contribution in [0.25, 0.3) is 0 Å². The van der Waals surface area contributed by atoms with E-state index >= 15 is 0 Å². The number of anilines is 1. The van der Waals surface area contributed by atoms with Gasteiger partial charge in [0.2, 0.25) is 0 Å². The highest BCUT2D eigenvalue weighted by Crippen LogP contribution is 2.41. The third-order valence-electron chi connectivity index (χ3n) is 4.28. The first-order valence-corrected chi connectivity index (χ1v) is 9.73. The van der Waals surface area contributed by atoms with Crippen LogP contribution in [0.3, 0.4) is 0 Å². The van der Waals surface area contributed by atoms with Crippen LogP contribution in [0.2, 0.25) is 0 Å². The lowest BCUT2D eigenvalue weighted by Crippen LogP contribution is -2.46. The van der Waals surface area contributed by atoms with Gasteiger partial charge in [0.25, 0.3) is 0 Å². The van der Waals surface area contributed by atoms with Gasteiger partial charge in [-0.25, -0.2) is 8.42 Å². The summed E-state index contributed by atoms with van der Waals surface area (Å²) in [7, 11) is 0.436. The van der Waals surface area contributed by atoms with Crippen LogP contribution in [0, 0.1) is 10.1 Å². The number of nitro groups is 1. The van der Waals surface area contributed by atoms with Gasteiger partial charge >= 0.3 is 5.69 Å². The molecule has 0 spiro atoms. The van der Waals surface area contributed by atoms with E-state index < -0.39 is 14.8 Å². The second-order valence-electron chi connectivity index (χ2n) is 5.90. The Morgan fingerprint density at radius 1 is 1.50 bits per heavy atom. The molecule has 0 amide bonds. The van der Waals surface area contributed by atoms with Gasteiger partial charge in [-0.1, -0.05) is 11.3 Å². The highest BCUT2D eigenvalue weighted by molar-refractivity contribution is 7.92. The highest BCUT2D eigenvalue weighted by atomic mass is 32.2. The molecule has 1 saturated heterocycles. The summed E-state index contributed by atoms with van der Waals surface area (Å²) < 4.78 is 23.4. The monoisotopic (exact) mass is 347 g/mol. The molecule has 0 N–H and O–H groups in total. The Balaban J connectivity index is 2.34. The lowest BCUT2D eigenvalue weighted by Gasteiger charge is -2.39. The zero-order valence-electron chi connectivity index (χ0n) is 13.1. The van der Waals surface area contributed by atoms with Crippen molar-refractivity contribution in [2.75, 3.05) is 31.8 Å². The fourth-order valence-electron chi connectivity index (χ4n) is 2.70. The lowest BCUT2D eigenvalue weighted by molar-refractivity contribution is -0.383. The molecule has 9 heteroatoms. The van der Waals surface area contributed by atoms with Crippen molar-refractivity contribution in [3.8, 4) is 0 Å². The van der Waals surface area contributed by atoms with Crippen molar-refractivity contribution >= 4 is 31.9 Å². The first kappa shape index (κ1) is 17.2. The van der Waals surface area contributed by atoms with E-state index in [0.29, 0.717) is 11.0 Å². The van der Waals surface area contributed by atoms with Crippen LogP contribution in [-0.2, 0) is 9.84 Å². The number of sulfone groups is 1. The van der Waals surface area contributed by atoms with Crippen molar-refractivity contribution < 1.29 is 13.3 Å². The predicted molar refractivity (Wildman–Crippen MR) is 87.6 cm³/mol. The Bertz CT molecular complexity index is 671. The average Bonchev–Trinajstić information content (AvgIpc) is 2.86. The number of rotatable bonds is 4. The normalized spacial score (nSPS) is 23.5.